The maximum atomic E-state index is 6.10. The van der Waals surface area contributed by atoms with Crippen molar-refractivity contribution < 1.29 is 4.74 Å². The molecule has 88 valence electrons. The van der Waals surface area contributed by atoms with Gasteiger partial charge in [0.25, 0.3) is 0 Å². The van der Waals surface area contributed by atoms with E-state index >= 15 is 0 Å². The molecule has 1 heterocycles. The minimum Gasteiger partial charge on any atom is -0.381 e. The molecule has 1 aliphatic heterocycles. The number of benzene rings is 1. The van der Waals surface area contributed by atoms with E-state index in [-0.39, 0.29) is 0 Å². The standard InChI is InChI=1S/C13H18ClNO/c1-10(12-6-7-16-9-12)15-8-11-4-2-3-5-13(11)14/h2-5,10,12,15H,6-9H2,1H3. The number of ether oxygens (including phenoxy) is 1. The molecule has 16 heavy (non-hydrogen) atoms. The van der Waals surface area contributed by atoms with Crippen molar-refractivity contribution >= 4 is 11.6 Å². The van der Waals surface area contributed by atoms with Crippen LogP contribution >= 0.6 is 11.6 Å². The Labute approximate surface area is 102 Å². The Hall–Kier alpha value is -0.570. The summed E-state index contributed by atoms with van der Waals surface area (Å²) in [7, 11) is 0. The molecule has 1 aliphatic rings. The predicted molar refractivity (Wildman–Crippen MR) is 66.7 cm³/mol. The van der Waals surface area contributed by atoms with Gasteiger partial charge in [0.15, 0.2) is 0 Å². The third-order valence-corrected chi connectivity index (χ3v) is 3.61. The normalized spacial score (nSPS) is 22.2. The first-order chi connectivity index (χ1) is 7.77. The van der Waals surface area contributed by atoms with E-state index in [4.69, 9.17) is 16.3 Å². The highest BCUT2D eigenvalue weighted by Gasteiger charge is 2.21. The Bertz CT molecular complexity index is 336. The first-order valence-electron chi connectivity index (χ1n) is 5.82. The van der Waals surface area contributed by atoms with Crippen molar-refractivity contribution in [3.8, 4) is 0 Å². The minimum absolute atomic E-state index is 0.485. The van der Waals surface area contributed by atoms with Gasteiger partial charge in [0.2, 0.25) is 0 Å². The van der Waals surface area contributed by atoms with E-state index in [1.54, 1.807) is 0 Å². The molecule has 1 aromatic rings. The average molecular weight is 240 g/mol. The summed E-state index contributed by atoms with van der Waals surface area (Å²) in [5.74, 6) is 0.641. The Morgan fingerprint density at radius 2 is 2.31 bits per heavy atom. The lowest BCUT2D eigenvalue weighted by Crippen LogP contribution is -2.33. The molecule has 2 nitrogen and oxygen atoms in total. The Morgan fingerprint density at radius 3 is 3.00 bits per heavy atom. The molecule has 0 saturated carbocycles. The summed E-state index contributed by atoms with van der Waals surface area (Å²) in [6.45, 7) is 4.84. The number of rotatable bonds is 4. The monoisotopic (exact) mass is 239 g/mol. The molecule has 1 fully saturated rings. The molecular formula is C13H18ClNO. The van der Waals surface area contributed by atoms with Gasteiger partial charge in [-0.05, 0) is 30.9 Å². The quantitative estimate of drug-likeness (QED) is 0.873. The SMILES string of the molecule is CC(NCc1ccccc1Cl)C1CCOC1. The lowest BCUT2D eigenvalue weighted by molar-refractivity contribution is 0.178. The van der Waals surface area contributed by atoms with Crippen LogP contribution in [0.2, 0.25) is 5.02 Å². The summed E-state index contributed by atoms with van der Waals surface area (Å²) in [4.78, 5) is 0. The Morgan fingerprint density at radius 1 is 1.50 bits per heavy atom. The fourth-order valence-corrected chi connectivity index (χ4v) is 2.23. The van der Waals surface area contributed by atoms with E-state index < -0.39 is 0 Å². The molecule has 1 aromatic carbocycles. The molecule has 0 spiro atoms. The van der Waals surface area contributed by atoms with Crippen LogP contribution in [0.4, 0.5) is 0 Å². The summed E-state index contributed by atoms with van der Waals surface area (Å²) in [5, 5.41) is 4.36. The average Bonchev–Trinajstić information content (AvgIpc) is 2.81. The lowest BCUT2D eigenvalue weighted by atomic mass is 10.0. The zero-order valence-electron chi connectivity index (χ0n) is 9.58. The zero-order chi connectivity index (χ0) is 11.4. The van der Waals surface area contributed by atoms with Gasteiger partial charge in [-0.2, -0.15) is 0 Å². The van der Waals surface area contributed by atoms with E-state index in [1.165, 1.54) is 0 Å². The second-order valence-electron chi connectivity index (χ2n) is 4.38. The van der Waals surface area contributed by atoms with Crippen LogP contribution in [0.15, 0.2) is 24.3 Å². The van der Waals surface area contributed by atoms with Crippen molar-refractivity contribution in [1.29, 1.82) is 0 Å². The molecule has 0 aliphatic carbocycles. The van der Waals surface area contributed by atoms with Gasteiger partial charge in [0, 0.05) is 24.2 Å². The summed E-state index contributed by atoms with van der Waals surface area (Å²) in [5.41, 5.74) is 1.16. The summed E-state index contributed by atoms with van der Waals surface area (Å²) in [6.07, 6.45) is 1.16. The van der Waals surface area contributed by atoms with Crippen molar-refractivity contribution in [2.75, 3.05) is 13.2 Å². The first-order valence-corrected chi connectivity index (χ1v) is 6.19. The molecular weight excluding hydrogens is 222 g/mol. The lowest BCUT2D eigenvalue weighted by Gasteiger charge is -2.19. The van der Waals surface area contributed by atoms with Crippen LogP contribution in [-0.4, -0.2) is 19.3 Å². The van der Waals surface area contributed by atoms with Crippen LogP contribution in [0.5, 0.6) is 0 Å². The highest BCUT2D eigenvalue weighted by molar-refractivity contribution is 6.31. The molecule has 2 atom stereocenters. The van der Waals surface area contributed by atoms with Gasteiger partial charge in [0.1, 0.15) is 0 Å². The van der Waals surface area contributed by atoms with Gasteiger partial charge in [-0.15, -0.1) is 0 Å². The van der Waals surface area contributed by atoms with Crippen LogP contribution in [0.3, 0.4) is 0 Å². The molecule has 3 heteroatoms. The smallest absolute Gasteiger partial charge is 0.0509 e. The van der Waals surface area contributed by atoms with E-state index in [9.17, 15) is 0 Å². The summed E-state index contributed by atoms with van der Waals surface area (Å²) in [6, 6.07) is 8.46. The molecule has 0 aromatic heterocycles. The van der Waals surface area contributed by atoms with E-state index in [0.29, 0.717) is 12.0 Å². The third kappa shape index (κ3) is 2.97. The van der Waals surface area contributed by atoms with E-state index in [2.05, 4.69) is 18.3 Å². The molecule has 0 radical (unpaired) electrons. The van der Waals surface area contributed by atoms with Crippen molar-refractivity contribution in [2.24, 2.45) is 5.92 Å². The van der Waals surface area contributed by atoms with Gasteiger partial charge >= 0.3 is 0 Å². The Balaban J connectivity index is 1.84. The summed E-state index contributed by atoms with van der Waals surface area (Å²) < 4.78 is 5.39. The van der Waals surface area contributed by atoms with E-state index in [0.717, 1.165) is 36.8 Å². The largest absolute Gasteiger partial charge is 0.381 e. The van der Waals surface area contributed by atoms with Crippen LogP contribution in [0.25, 0.3) is 0 Å². The fraction of sp³-hybridized carbons (Fsp3) is 0.538. The number of hydrogen-bond donors (Lipinski definition) is 1. The predicted octanol–water partition coefficient (Wildman–Crippen LogP) is 2.85. The van der Waals surface area contributed by atoms with Crippen molar-refractivity contribution in [2.45, 2.75) is 25.9 Å². The van der Waals surface area contributed by atoms with Crippen molar-refractivity contribution in [3.05, 3.63) is 34.9 Å². The third-order valence-electron chi connectivity index (χ3n) is 3.24. The van der Waals surface area contributed by atoms with Gasteiger partial charge in [0.05, 0.1) is 6.61 Å². The number of halogens is 1. The number of hydrogen-bond acceptors (Lipinski definition) is 2. The van der Waals surface area contributed by atoms with Crippen molar-refractivity contribution in [1.82, 2.24) is 5.32 Å². The highest BCUT2D eigenvalue weighted by atomic mass is 35.5. The van der Waals surface area contributed by atoms with Crippen molar-refractivity contribution in [3.63, 3.8) is 0 Å². The second kappa shape index (κ2) is 5.67. The van der Waals surface area contributed by atoms with Gasteiger partial charge in [-0.3, -0.25) is 0 Å². The second-order valence-corrected chi connectivity index (χ2v) is 4.79. The fourth-order valence-electron chi connectivity index (χ4n) is 2.03. The van der Waals surface area contributed by atoms with Crippen LogP contribution in [0, 0.1) is 5.92 Å². The van der Waals surface area contributed by atoms with Gasteiger partial charge in [-0.25, -0.2) is 0 Å². The van der Waals surface area contributed by atoms with Crippen LogP contribution in [0.1, 0.15) is 18.9 Å². The van der Waals surface area contributed by atoms with Gasteiger partial charge < -0.3 is 10.1 Å². The van der Waals surface area contributed by atoms with E-state index in [1.807, 2.05) is 18.2 Å². The number of nitrogens with one attached hydrogen (secondary N) is 1. The topological polar surface area (TPSA) is 21.3 Å². The first kappa shape index (κ1) is 11.9. The maximum Gasteiger partial charge on any atom is 0.0509 e. The van der Waals surface area contributed by atoms with Gasteiger partial charge in [-0.1, -0.05) is 29.8 Å². The molecule has 2 rings (SSSR count). The zero-order valence-corrected chi connectivity index (χ0v) is 10.3. The van der Waals surface area contributed by atoms with Crippen LogP contribution in [-0.2, 0) is 11.3 Å². The van der Waals surface area contributed by atoms with Crippen LogP contribution < -0.4 is 5.32 Å². The maximum absolute atomic E-state index is 6.10. The molecule has 1 saturated heterocycles. The summed E-state index contributed by atoms with van der Waals surface area (Å²) >= 11 is 6.10. The highest BCUT2D eigenvalue weighted by Crippen LogP contribution is 2.18. The molecule has 2 unspecified atom stereocenters. The Kier molecular flexibility index (Phi) is 4.22. The minimum atomic E-state index is 0.485. The molecule has 1 N–H and O–H groups in total. The molecule has 0 bridgehead atoms. The molecule has 0 amide bonds.